The number of hydrogen-bond acceptors (Lipinski definition) is 2. The van der Waals surface area contributed by atoms with Crippen LogP contribution in [0.1, 0.15) is 29.3 Å². The van der Waals surface area contributed by atoms with E-state index in [1.54, 1.807) is 6.33 Å². The maximum absolute atomic E-state index is 12.0. The summed E-state index contributed by atoms with van der Waals surface area (Å²) in [5.74, 6) is 0.458. The molecule has 0 radical (unpaired) electrons. The standard InChI is InChI=1S/C12H12N2O/c1-2-7-5-9-8(12(7)15)3-4-10-11(9)14-6-13-10/h3-4,6-7H,2,5H2,1H3,(H,13,14). The first kappa shape index (κ1) is 8.65. The Morgan fingerprint density at radius 2 is 2.40 bits per heavy atom. The molecular formula is C12H12N2O. The zero-order valence-corrected chi connectivity index (χ0v) is 8.58. The van der Waals surface area contributed by atoms with Crippen molar-refractivity contribution in [2.75, 3.05) is 0 Å². The summed E-state index contributed by atoms with van der Waals surface area (Å²) in [7, 11) is 0. The molecule has 2 aromatic rings. The number of hydrogen-bond donors (Lipinski definition) is 1. The van der Waals surface area contributed by atoms with Gasteiger partial charge in [-0.15, -0.1) is 0 Å². The molecule has 3 heteroatoms. The fourth-order valence-electron chi connectivity index (χ4n) is 2.39. The number of aromatic nitrogens is 2. The molecule has 0 amide bonds. The van der Waals surface area contributed by atoms with Crippen molar-refractivity contribution in [2.45, 2.75) is 19.8 Å². The minimum Gasteiger partial charge on any atom is -0.345 e. The summed E-state index contributed by atoms with van der Waals surface area (Å²) in [6.07, 6.45) is 3.46. The normalized spacial score (nSPS) is 19.8. The van der Waals surface area contributed by atoms with E-state index >= 15 is 0 Å². The summed E-state index contributed by atoms with van der Waals surface area (Å²) in [5.41, 5.74) is 4.00. The van der Waals surface area contributed by atoms with E-state index in [9.17, 15) is 4.79 Å². The van der Waals surface area contributed by atoms with Crippen LogP contribution in [-0.4, -0.2) is 15.8 Å². The molecule has 1 unspecified atom stereocenters. The van der Waals surface area contributed by atoms with Crippen molar-refractivity contribution in [2.24, 2.45) is 5.92 Å². The van der Waals surface area contributed by atoms with E-state index in [2.05, 4.69) is 16.9 Å². The van der Waals surface area contributed by atoms with E-state index in [4.69, 9.17) is 0 Å². The van der Waals surface area contributed by atoms with Crippen LogP contribution in [0.4, 0.5) is 0 Å². The fraction of sp³-hybridized carbons (Fsp3) is 0.333. The minimum atomic E-state index is 0.169. The number of nitrogens with one attached hydrogen (secondary N) is 1. The van der Waals surface area contributed by atoms with E-state index in [0.717, 1.165) is 35.0 Å². The van der Waals surface area contributed by atoms with Crippen molar-refractivity contribution in [3.63, 3.8) is 0 Å². The van der Waals surface area contributed by atoms with Crippen LogP contribution in [0, 0.1) is 5.92 Å². The number of ketones is 1. The van der Waals surface area contributed by atoms with Gasteiger partial charge in [0.05, 0.1) is 17.4 Å². The van der Waals surface area contributed by atoms with Gasteiger partial charge in [-0.25, -0.2) is 4.98 Å². The van der Waals surface area contributed by atoms with Crippen LogP contribution < -0.4 is 0 Å². The Kier molecular flexibility index (Phi) is 1.69. The first-order valence-corrected chi connectivity index (χ1v) is 5.30. The van der Waals surface area contributed by atoms with Gasteiger partial charge in [-0.05, 0) is 30.5 Å². The molecule has 3 rings (SSSR count). The Hall–Kier alpha value is -1.64. The van der Waals surface area contributed by atoms with Gasteiger partial charge in [0.15, 0.2) is 5.78 Å². The number of carbonyl (C=O) groups is 1. The van der Waals surface area contributed by atoms with Crippen LogP contribution in [0.3, 0.4) is 0 Å². The number of Topliss-reactive ketones (excluding diaryl/α,β-unsaturated/α-hetero) is 1. The lowest BCUT2D eigenvalue weighted by molar-refractivity contribution is 0.0934. The van der Waals surface area contributed by atoms with Crippen LogP contribution in [0.15, 0.2) is 18.5 Å². The summed E-state index contributed by atoms with van der Waals surface area (Å²) in [6.45, 7) is 2.07. The average molecular weight is 200 g/mol. The maximum atomic E-state index is 12.0. The highest BCUT2D eigenvalue weighted by atomic mass is 16.1. The van der Waals surface area contributed by atoms with Crippen molar-refractivity contribution in [3.8, 4) is 0 Å². The summed E-state index contributed by atoms with van der Waals surface area (Å²) in [4.78, 5) is 19.3. The van der Waals surface area contributed by atoms with E-state index in [1.807, 2.05) is 12.1 Å². The van der Waals surface area contributed by atoms with Gasteiger partial charge in [0.1, 0.15) is 0 Å². The predicted molar refractivity (Wildman–Crippen MR) is 57.9 cm³/mol. The fourth-order valence-corrected chi connectivity index (χ4v) is 2.39. The molecule has 0 saturated heterocycles. The number of carbonyl (C=O) groups excluding carboxylic acids is 1. The highest BCUT2D eigenvalue weighted by Gasteiger charge is 2.30. The zero-order valence-electron chi connectivity index (χ0n) is 8.58. The third kappa shape index (κ3) is 1.06. The Morgan fingerprint density at radius 3 is 3.20 bits per heavy atom. The van der Waals surface area contributed by atoms with E-state index in [-0.39, 0.29) is 11.7 Å². The third-order valence-corrected chi connectivity index (χ3v) is 3.28. The molecule has 0 aliphatic heterocycles. The lowest BCUT2D eigenvalue weighted by atomic mass is 10.0. The van der Waals surface area contributed by atoms with Crippen LogP contribution in [0.2, 0.25) is 0 Å². The number of fused-ring (bicyclic) bond motifs is 3. The van der Waals surface area contributed by atoms with E-state index in [0.29, 0.717) is 0 Å². The highest BCUT2D eigenvalue weighted by molar-refractivity contribution is 6.06. The van der Waals surface area contributed by atoms with Gasteiger partial charge < -0.3 is 4.98 Å². The molecule has 1 atom stereocenters. The smallest absolute Gasteiger partial charge is 0.166 e. The molecule has 0 fully saturated rings. The van der Waals surface area contributed by atoms with Gasteiger partial charge >= 0.3 is 0 Å². The number of rotatable bonds is 1. The molecule has 3 nitrogen and oxygen atoms in total. The van der Waals surface area contributed by atoms with E-state index in [1.165, 1.54) is 0 Å². The minimum absolute atomic E-state index is 0.169. The molecule has 0 saturated carbocycles. The molecule has 1 aliphatic carbocycles. The van der Waals surface area contributed by atoms with Gasteiger partial charge in [-0.1, -0.05) is 6.92 Å². The largest absolute Gasteiger partial charge is 0.345 e. The predicted octanol–water partition coefficient (Wildman–Crippen LogP) is 2.33. The molecular weight excluding hydrogens is 188 g/mol. The summed E-state index contributed by atoms with van der Waals surface area (Å²) in [5, 5.41) is 0. The quantitative estimate of drug-likeness (QED) is 0.767. The van der Waals surface area contributed by atoms with Gasteiger partial charge in [0, 0.05) is 11.5 Å². The molecule has 1 aromatic carbocycles. The van der Waals surface area contributed by atoms with Crippen molar-refractivity contribution in [1.29, 1.82) is 0 Å². The first-order chi connectivity index (χ1) is 7.31. The monoisotopic (exact) mass is 200 g/mol. The molecule has 1 N–H and O–H groups in total. The van der Waals surface area contributed by atoms with Crippen molar-refractivity contribution < 1.29 is 4.79 Å². The van der Waals surface area contributed by atoms with Gasteiger partial charge in [0.25, 0.3) is 0 Å². The Bertz CT molecular complexity index is 542. The molecule has 1 aliphatic rings. The second-order valence-corrected chi connectivity index (χ2v) is 4.06. The maximum Gasteiger partial charge on any atom is 0.166 e. The Balaban J connectivity index is 2.26. The summed E-state index contributed by atoms with van der Waals surface area (Å²) in [6, 6.07) is 3.87. The van der Waals surface area contributed by atoms with Crippen molar-refractivity contribution in [3.05, 3.63) is 29.6 Å². The molecule has 15 heavy (non-hydrogen) atoms. The number of imidazole rings is 1. The van der Waals surface area contributed by atoms with Crippen LogP contribution in [0.25, 0.3) is 11.0 Å². The molecule has 76 valence electrons. The van der Waals surface area contributed by atoms with Gasteiger partial charge in [-0.3, -0.25) is 4.79 Å². The lowest BCUT2D eigenvalue weighted by Crippen LogP contribution is -2.06. The number of aromatic amines is 1. The van der Waals surface area contributed by atoms with Crippen LogP contribution in [-0.2, 0) is 6.42 Å². The molecule has 0 spiro atoms. The van der Waals surface area contributed by atoms with Gasteiger partial charge in [0.2, 0.25) is 0 Å². The average Bonchev–Trinajstić information content (AvgIpc) is 2.82. The molecule has 1 heterocycles. The second kappa shape index (κ2) is 2.92. The zero-order chi connectivity index (χ0) is 10.4. The topological polar surface area (TPSA) is 45.8 Å². The highest BCUT2D eigenvalue weighted by Crippen LogP contribution is 2.32. The van der Waals surface area contributed by atoms with Gasteiger partial charge in [-0.2, -0.15) is 0 Å². The first-order valence-electron chi connectivity index (χ1n) is 5.30. The molecule has 1 aromatic heterocycles. The van der Waals surface area contributed by atoms with Crippen molar-refractivity contribution >= 4 is 16.8 Å². The second-order valence-electron chi connectivity index (χ2n) is 4.06. The van der Waals surface area contributed by atoms with Crippen molar-refractivity contribution in [1.82, 2.24) is 9.97 Å². The Labute approximate surface area is 87.5 Å². The van der Waals surface area contributed by atoms with Crippen LogP contribution >= 0.6 is 0 Å². The van der Waals surface area contributed by atoms with Crippen LogP contribution in [0.5, 0.6) is 0 Å². The number of benzene rings is 1. The third-order valence-electron chi connectivity index (χ3n) is 3.28. The van der Waals surface area contributed by atoms with E-state index < -0.39 is 0 Å². The number of nitrogens with zero attached hydrogens (tertiary/aromatic N) is 1. The SMILES string of the molecule is CCC1Cc2c(ccc3[nH]cnc23)C1=O. The number of H-pyrrole nitrogens is 1. The summed E-state index contributed by atoms with van der Waals surface area (Å²) < 4.78 is 0. The summed E-state index contributed by atoms with van der Waals surface area (Å²) >= 11 is 0. The molecule has 0 bridgehead atoms. The lowest BCUT2D eigenvalue weighted by Gasteiger charge is -2.00. The Morgan fingerprint density at radius 1 is 1.53 bits per heavy atom.